The van der Waals surface area contributed by atoms with Crippen molar-refractivity contribution >= 4 is 0 Å². The number of aromatic nitrogens is 2. The van der Waals surface area contributed by atoms with Gasteiger partial charge in [0, 0.05) is 31.5 Å². The molecular weight excluding hydrogens is 202 g/mol. The predicted molar refractivity (Wildman–Crippen MR) is 63.1 cm³/mol. The van der Waals surface area contributed by atoms with Gasteiger partial charge in [0.05, 0.1) is 11.8 Å². The average molecular weight is 223 g/mol. The molecule has 2 N–H and O–H groups in total. The van der Waals surface area contributed by atoms with Gasteiger partial charge in [-0.3, -0.25) is 4.68 Å². The van der Waals surface area contributed by atoms with Gasteiger partial charge in [0.1, 0.15) is 0 Å². The molecule has 0 spiro atoms. The quantitative estimate of drug-likeness (QED) is 0.825. The Morgan fingerprint density at radius 3 is 3.12 bits per heavy atom. The Labute approximate surface area is 96.8 Å². The van der Waals surface area contributed by atoms with Gasteiger partial charge in [0.2, 0.25) is 0 Å². The maximum Gasteiger partial charge on any atom is 0.0638 e. The third-order valence-electron chi connectivity index (χ3n) is 3.21. The summed E-state index contributed by atoms with van der Waals surface area (Å²) >= 11 is 0. The molecule has 1 aromatic rings. The summed E-state index contributed by atoms with van der Waals surface area (Å²) in [7, 11) is 0. The van der Waals surface area contributed by atoms with Crippen LogP contribution in [0.25, 0.3) is 0 Å². The van der Waals surface area contributed by atoms with E-state index in [9.17, 15) is 0 Å². The fourth-order valence-electron chi connectivity index (χ4n) is 2.23. The highest BCUT2D eigenvalue weighted by atomic mass is 16.5. The zero-order valence-corrected chi connectivity index (χ0v) is 9.98. The van der Waals surface area contributed by atoms with E-state index in [4.69, 9.17) is 10.5 Å². The van der Waals surface area contributed by atoms with Crippen LogP contribution in [0.15, 0.2) is 6.20 Å². The molecule has 1 atom stereocenters. The summed E-state index contributed by atoms with van der Waals surface area (Å²) in [6, 6.07) is 0. The van der Waals surface area contributed by atoms with Gasteiger partial charge in [0.25, 0.3) is 0 Å². The second-order valence-corrected chi connectivity index (χ2v) is 4.48. The van der Waals surface area contributed by atoms with Crippen LogP contribution >= 0.6 is 0 Å². The Morgan fingerprint density at radius 2 is 2.50 bits per heavy atom. The van der Waals surface area contributed by atoms with Gasteiger partial charge >= 0.3 is 0 Å². The molecule has 1 fully saturated rings. The van der Waals surface area contributed by atoms with Crippen molar-refractivity contribution in [2.75, 3.05) is 6.61 Å². The third-order valence-corrected chi connectivity index (χ3v) is 3.21. The topological polar surface area (TPSA) is 53.1 Å². The standard InChI is InChI=1S/C12H21N3O/c1-10-11(8-13)9-15(14-10)6-2-4-12-5-3-7-16-12/h9,12H,2-8,13H2,1H3. The zero-order valence-electron chi connectivity index (χ0n) is 9.98. The molecule has 0 aliphatic carbocycles. The van der Waals surface area contributed by atoms with E-state index in [-0.39, 0.29) is 0 Å². The van der Waals surface area contributed by atoms with Crippen LogP contribution in [0.3, 0.4) is 0 Å². The van der Waals surface area contributed by atoms with Crippen LogP contribution in [0.1, 0.15) is 36.9 Å². The number of rotatable bonds is 5. The van der Waals surface area contributed by atoms with Gasteiger partial charge < -0.3 is 10.5 Å². The second-order valence-electron chi connectivity index (χ2n) is 4.48. The van der Waals surface area contributed by atoms with Crippen molar-refractivity contribution in [1.82, 2.24) is 9.78 Å². The van der Waals surface area contributed by atoms with Crippen LogP contribution in [0.2, 0.25) is 0 Å². The van der Waals surface area contributed by atoms with Crippen molar-refractivity contribution in [1.29, 1.82) is 0 Å². The van der Waals surface area contributed by atoms with E-state index in [0.717, 1.165) is 37.3 Å². The summed E-state index contributed by atoms with van der Waals surface area (Å²) in [5, 5.41) is 4.44. The molecule has 90 valence electrons. The Balaban J connectivity index is 1.75. The summed E-state index contributed by atoms with van der Waals surface area (Å²) in [4.78, 5) is 0. The molecule has 0 amide bonds. The molecule has 4 nitrogen and oxygen atoms in total. The normalized spacial score (nSPS) is 20.5. The molecule has 1 aliphatic heterocycles. The van der Waals surface area contributed by atoms with E-state index in [2.05, 4.69) is 11.3 Å². The smallest absolute Gasteiger partial charge is 0.0638 e. The fraction of sp³-hybridized carbons (Fsp3) is 0.750. The molecular formula is C12H21N3O. The van der Waals surface area contributed by atoms with Crippen molar-refractivity contribution in [3.05, 3.63) is 17.5 Å². The maximum atomic E-state index is 5.62. The second kappa shape index (κ2) is 5.46. The zero-order chi connectivity index (χ0) is 11.4. The van der Waals surface area contributed by atoms with E-state index >= 15 is 0 Å². The number of ether oxygens (including phenoxy) is 1. The number of hydrogen-bond donors (Lipinski definition) is 1. The first-order valence-electron chi connectivity index (χ1n) is 6.14. The summed E-state index contributed by atoms with van der Waals surface area (Å²) in [5.74, 6) is 0. The monoisotopic (exact) mass is 223 g/mol. The first kappa shape index (κ1) is 11.6. The number of aryl methyl sites for hydroxylation is 2. The lowest BCUT2D eigenvalue weighted by Crippen LogP contribution is -2.07. The summed E-state index contributed by atoms with van der Waals surface area (Å²) < 4.78 is 7.60. The Hall–Kier alpha value is -0.870. The Bertz CT molecular complexity index is 329. The molecule has 2 heterocycles. The molecule has 0 radical (unpaired) electrons. The first-order valence-corrected chi connectivity index (χ1v) is 6.14. The summed E-state index contributed by atoms with van der Waals surface area (Å²) in [6.07, 6.45) is 7.29. The van der Waals surface area contributed by atoms with E-state index in [1.54, 1.807) is 0 Å². The highest BCUT2D eigenvalue weighted by Gasteiger charge is 2.14. The molecule has 4 heteroatoms. The van der Waals surface area contributed by atoms with Crippen molar-refractivity contribution in [2.24, 2.45) is 5.73 Å². The lowest BCUT2D eigenvalue weighted by molar-refractivity contribution is 0.101. The minimum Gasteiger partial charge on any atom is -0.378 e. The summed E-state index contributed by atoms with van der Waals surface area (Å²) in [6.45, 7) is 4.51. The number of hydrogen-bond acceptors (Lipinski definition) is 3. The number of nitrogens with zero attached hydrogens (tertiary/aromatic N) is 2. The first-order chi connectivity index (χ1) is 7.79. The molecule has 1 aliphatic rings. The van der Waals surface area contributed by atoms with Crippen LogP contribution in [-0.2, 0) is 17.8 Å². The molecule has 2 rings (SSSR count). The highest BCUT2D eigenvalue weighted by Crippen LogP contribution is 2.17. The van der Waals surface area contributed by atoms with Gasteiger partial charge in [-0.2, -0.15) is 5.10 Å². The minimum absolute atomic E-state index is 0.491. The molecule has 1 aromatic heterocycles. The van der Waals surface area contributed by atoms with Crippen molar-refractivity contribution in [3.8, 4) is 0 Å². The van der Waals surface area contributed by atoms with Crippen molar-refractivity contribution in [2.45, 2.75) is 51.8 Å². The van der Waals surface area contributed by atoms with Crippen LogP contribution < -0.4 is 5.73 Å². The molecule has 1 unspecified atom stereocenters. The third kappa shape index (κ3) is 2.83. The van der Waals surface area contributed by atoms with Gasteiger partial charge in [-0.25, -0.2) is 0 Å². The summed E-state index contributed by atoms with van der Waals surface area (Å²) in [5.41, 5.74) is 7.82. The van der Waals surface area contributed by atoms with Gasteiger partial charge in [-0.1, -0.05) is 0 Å². The molecule has 16 heavy (non-hydrogen) atoms. The SMILES string of the molecule is Cc1nn(CCCC2CCCO2)cc1CN. The van der Waals surface area contributed by atoms with Crippen LogP contribution in [-0.4, -0.2) is 22.5 Å². The van der Waals surface area contributed by atoms with E-state index in [0.29, 0.717) is 12.6 Å². The van der Waals surface area contributed by atoms with Crippen molar-refractivity contribution < 1.29 is 4.74 Å². The maximum absolute atomic E-state index is 5.62. The van der Waals surface area contributed by atoms with Crippen molar-refractivity contribution in [3.63, 3.8) is 0 Å². The fourth-order valence-corrected chi connectivity index (χ4v) is 2.23. The van der Waals surface area contributed by atoms with Crippen LogP contribution in [0.4, 0.5) is 0 Å². The lowest BCUT2D eigenvalue weighted by atomic mass is 10.1. The molecule has 0 saturated carbocycles. The van der Waals surface area contributed by atoms with Crippen LogP contribution in [0.5, 0.6) is 0 Å². The molecule has 0 bridgehead atoms. The predicted octanol–water partition coefficient (Wildman–Crippen LogP) is 1.61. The lowest BCUT2D eigenvalue weighted by Gasteiger charge is -2.08. The van der Waals surface area contributed by atoms with Gasteiger partial charge in [0.15, 0.2) is 0 Å². The number of nitrogens with two attached hydrogens (primary N) is 1. The van der Waals surface area contributed by atoms with Gasteiger partial charge in [-0.15, -0.1) is 0 Å². The Kier molecular flexibility index (Phi) is 3.96. The highest BCUT2D eigenvalue weighted by molar-refractivity contribution is 5.14. The van der Waals surface area contributed by atoms with E-state index < -0.39 is 0 Å². The van der Waals surface area contributed by atoms with Gasteiger partial charge in [-0.05, 0) is 32.6 Å². The Morgan fingerprint density at radius 1 is 1.62 bits per heavy atom. The van der Waals surface area contributed by atoms with Crippen LogP contribution in [0, 0.1) is 6.92 Å². The van der Waals surface area contributed by atoms with E-state index in [1.165, 1.54) is 12.8 Å². The van der Waals surface area contributed by atoms with E-state index in [1.807, 2.05) is 11.6 Å². The largest absolute Gasteiger partial charge is 0.378 e. The molecule has 1 saturated heterocycles. The average Bonchev–Trinajstić information content (AvgIpc) is 2.88. The minimum atomic E-state index is 0.491. The molecule has 0 aromatic carbocycles.